The molecule has 0 aliphatic carbocycles. The zero-order valence-corrected chi connectivity index (χ0v) is 12.0. The zero-order valence-electron chi connectivity index (χ0n) is 12.0. The summed E-state index contributed by atoms with van der Waals surface area (Å²) in [7, 11) is 1.95. The van der Waals surface area contributed by atoms with Crippen molar-refractivity contribution in [3.8, 4) is 5.75 Å². The van der Waals surface area contributed by atoms with Crippen LogP contribution in [0.4, 0.5) is 0 Å². The van der Waals surface area contributed by atoms with E-state index in [9.17, 15) is 0 Å². The van der Waals surface area contributed by atoms with E-state index in [1.54, 1.807) is 0 Å². The zero-order chi connectivity index (χ0) is 14.2. The van der Waals surface area contributed by atoms with Gasteiger partial charge in [0, 0.05) is 6.04 Å². The van der Waals surface area contributed by atoms with Crippen LogP contribution in [0.1, 0.15) is 18.1 Å². The lowest BCUT2D eigenvalue weighted by atomic mass is 10.2. The quantitative estimate of drug-likeness (QED) is 0.857. The first-order valence-corrected chi connectivity index (χ1v) is 6.90. The van der Waals surface area contributed by atoms with Gasteiger partial charge in [-0.15, -0.1) is 0 Å². The fourth-order valence-corrected chi connectivity index (χ4v) is 1.77. The van der Waals surface area contributed by atoms with Crippen molar-refractivity contribution < 1.29 is 4.74 Å². The fourth-order valence-electron chi connectivity index (χ4n) is 1.77. The summed E-state index contributed by atoms with van der Waals surface area (Å²) in [5.41, 5.74) is 2.36. The molecule has 2 aromatic rings. The summed E-state index contributed by atoms with van der Waals surface area (Å²) in [6, 6.07) is 18.7. The fraction of sp³-hybridized carbons (Fsp3) is 0.222. The predicted molar refractivity (Wildman–Crippen MR) is 84.8 cm³/mol. The van der Waals surface area contributed by atoms with Crippen LogP contribution in [0.25, 0.3) is 6.08 Å². The summed E-state index contributed by atoms with van der Waals surface area (Å²) < 4.78 is 5.76. The van der Waals surface area contributed by atoms with Crippen molar-refractivity contribution in [3.63, 3.8) is 0 Å². The average Bonchev–Trinajstić information content (AvgIpc) is 2.52. The summed E-state index contributed by atoms with van der Waals surface area (Å²) in [5.74, 6) is 0.896. The second-order valence-corrected chi connectivity index (χ2v) is 4.78. The number of benzene rings is 2. The van der Waals surface area contributed by atoms with Gasteiger partial charge in [-0.2, -0.15) is 0 Å². The van der Waals surface area contributed by atoms with Gasteiger partial charge in [0.25, 0.3) is 0 Å². The monoisotopic (exact) mass is 267 g/mol. The normalized spacial score (nSPS) is 12.5. The smallest absolute Gasteiger partial charge is 0.119 e. The van der Waals surface area contributed by atoms with Crippen molar-refractivity contribution in [1.29, 1.82) is 0 Å². The van der Waals surface area contributed by atoms with Gasteiger partial charge in [0.2, 0.25) is 0 Å². The molecular formula is C18H21NO. The maximum atomic E-state index is 5.76. The molecule has 0 saturated carbocycles. The second-order valence-electron chi connectivity index (χ2n) is 4.78. The highest BCUT2D eigenvalue weighted by atomic mass is 16.5. The van der Waals surface area contributed by atoms with E-state index in [1.165, 1.54) is 11.1 Å². The van der Waals surface area contributed by atoms with Gasteiger partial charge in [-0.25, -0.2) is 0 Å². The third kappa shape index (κ3) is 4.56. The lowest BCUT2D eigenvalue weighted by Crippen LogP contribution is -2.17. The molecule has 2 nitrogen and oxygen atoms in total. The third-order valence-electron chi connectivity index (χ3n) is 3.16. The van der Waals surface area contributed by atoms with Crippen LogP contribution < -0.4 is 10.1 Å². The van der Waals surface area contributed by atoms with Gasteiger partial charge < -0.3 is 10.1 Å². The van der Waals surface area contributed by atoms with E-state index < -0.39 is 0 Å². The maximum Gasteiger partial charge on any atom is 0.119 e. The average molecular weight is 267 g/mol. The van der Waals surface area contributed by atoms with Crippen LogP contribution in [0.3, 0.4) is 0 Å². The highest BCUT2D eigenvalue weighted by Gasteiger charge is 1.96. The van der Waals surface area contributed by atoms with Crippen LogP contribution in [-0.4, -0.2) is 13.1 Å². The molecule has 1 N–H and O–H groups in total. The van der Waals surface area contributed by atoms with Crippen molar-refractivity contribution in [3.05, 3.63) is 71.8 Å². The minimum Gasteiger partial charge on any atom is -0.489 e. The first-order chi connectivity index (χ1) is 9.78. The Balaban J connectivity index is 1.90. The third-order valence-corrected chi connectivity index (χ3v) is 3.16. The summed E-state index contributed by atoms with van der Waals surface area (Å²) >= 11 is 0. The molecule has 2 heteroatoms. The molecule has 20 heavy (non-hydrogen) atoms. The van der Waals surface area contributed by atoms with Gasteiger partial charge >= 0.3 is 0 Å². The van der Waals surface area contributed by atoms with Crippen molar-refractivity contribution in [2.45, 2.75) is 19.6 Å². The van der Waals surface area contributed by atoms with Crippen molar-refractivity contribution in [2.24, 2.45) is 0 Å². The Morgan fingerprint density at radius 2 is 1.75 bits per heavy atom. The van der Waals surface area contributed by atoms with Crippen LogP contribution in [0, 0.1) is 0 Å². The number of ether oxygens (including phenoxy) is 1. The lowest BCUT2D eigenvalue weighted by Gasteiger charge is -2.07. The lowest BCUT2D eigenvalue weighted by molar-refractivity contribution is 0.306. The first kappa shape index (κ1) is 14.4. The van der Waals surface area contributed by atoms with E-state index >= 15 is 0 Å². The number of hydrogen-bond donors (Lipinski definition) is 1. The van der Waals surface area contributed by atoms with Crippen LogP contribution in [-0.2, 0) is 6.61 Å². The molecule has 0 aromatic heterocycles. The van der Waals surface area contributed by atoms with Gasteiger partial charge in [0.15, 0.2) is 0 Å². The van der Waals surface area contributed by atoms with Gasteiger partial charge in [-0.1, -0.05) is 54.6 Å². The molecule has 0 heterocycles. The molecule has 1 atom stereocenters. The standard InChI is InChI=1S/C18H21NO/c1-15(19-2)8-9-16-10-12-18(13-11-16)20-14-17-6-4-3-5-7-17/h3-13,15,19H,14H2,1-2H3/b9-8+. The molecule has 0 fully saturated rings. The topological polar surface area (TPSA) is 21.3 Å². The number of nitrogens with one attached hydrogen (secondary N) is 1. The summed E-state index contributed by atoms with van der Waals surface area (Å²) in [5, 5.41) is 3.17. The van der Waals surface area contributed by atoms with E-state index in [1.807, 2.05) is 37.4 Å². The minimum absolute atomic E-state index is 0.379. The SMILES string of the molecule is CNC(C)/C=C/c1ccc(OCc2ccccc2)cc1. The van der Waals surface area contributed by atoms with Crippen molar-refractivity contribution >= 4 is 6.08 Å². The van der Waals surface area contributed by atoms with Gasteiger partial charge in [0.05, 0.1) is 0 Å². The van der Waals surface area contributed by atoms with Crippen molar-refractivity contribution in [1.82, 2.24) is 5.32 Å². The molecular weight excluding hydrogens is 246 g/mol. The molecule has 0 spiro atoms. The first-order valence-electron chi connectivity index (χ1n) is 6.90. The Bertz CT molecular complexity index is 531. The Kier molecular flexibility index (Phi) is 5.39. The van der Waals surface area contributed by atoms with E-state index in [0.717, 1.165) is 5.75 Å². The molecule has 104 valence electrons. The molecule has 0 bridgehead atoms. The Morgan fingerprint density at radius 3 is 2.40 bits per heavy atom. The van der Waals surface area contributed by atoms with E-state index in [0.29, 0.717) is 12.6 Å². The number of hydrogen-bond acceptors (Lipinski definition) is 2. The Labute approximate surface area is 121 Å². The van der Waals surface area contributed by atoms with Crippen LogP contribution >= 0.6 is 0 Å². The number of rotatable bonds is 6. The second kappa shape index (κ2) is 7.51. The summed E-state index contributed by atoms with van der Waals surface area (Å²) in [6.07, 6.45) is 4.25. The molecule has 2 aromatic carbocycles. The summed E-state index contributed by atoms with van der Waals surface area (Å²) in [6.45, 7) is 2.72. The molecule has 0 radical (unpaired) electrons. The van der Waals surface area contributed by atoms with Crippen LogP contribution in [0.2, 0.25) is 0 Å². The maximum absolute atomic E-state index is 5.76. The van der Waals surface area contributed by atoms with E-state index in [4.69, 9.17) is 4.74 Å². The van der Waals surface area contributed by atoms with Crippen LogP contribution in [0.5, 0.6) is 5.75 Å². The molecule has 0 aliphatic rings. The highest BCUT2D eigenvalue weighted by molar-refractivity contribution is 5.51. The Hall–Kier alpha value is -2.06. The van der Waals surface area contributed by atoms with E-state index in [2.05, 4.69) is 48.7 Å². The highest BCUT2D eigenvalue weighted by Crippen LogP contribution is 2.15. The van der Waals surface area contributed by atoms with Gasteiger partial charge in [0.1, 0.15) is 12.4 Å². The molecule has 0 amide bonds. The van der Waals surface area contributed by atoms with E-state index in [-0.39, 0.29) is 0 Å². The molecule has 1 unspecified atom stereocenters. The Morgan fingerprint density at radius 1 is 1.05 bits per heavy atom. The van der Waals surface area contributed by atoms with Gasteiger partial charge in [-0.3, -0.25) is 0 Å². The predicted octanol–water partition coefficient (Wildman–Crippen LogP) is 3.89. The summed E-state index contributed by atoms with van der Waals surface area (Å²) in [4.78, 5) is 0. The van der Waals surface area contributed by atoms with Gasteiger partial charge in [-0.05, 0) is 37.2 Å². The van der Waals surface area contributed by atoms with Crippen LogP contribution in [0.15, 0.2) is 60.7 Å². The minimum atomic E-state index is 0.379. The number of likely N-dealkylation sites (N-methyl/N-ethyl adjacent to an activating group) is 1. The molecule has 0 aliphatic heterocycles. The molecule has 0 saturated heterocycles. The largest absolute Gasteiger partial charge is 0.489 e. The van der Waals surface area contributed by atoms with Crippen molar-refractivity contribution in [2.75, 3.05) is 7.05 Å². The molecule has 2 rings (SSSR count).